The van der Waals surface area contributed by atoms with Crippen molar-refractivity contribution in [3.8, 4) is 5.75 Å². The molecule has 61 heavy (non-hydrogen) atoms. The van der Waals surface area contributed by atoms with E-state index >= 15 is 0 Å². The fourth-order valence-electron chi connectivity index (χ4n) is 9.05. The zero-order valence-electron chi connectivity index (χ0n) is 35.4. The predicted octanol–water partition coefficient (Wildman–Crippen LogP) is 11.2. The number of rotatable bonds is 9. The maximum Gasteiger partial charge on any atom is 0.336 e. The molecule has 0 spiro atoms. The number of esters is 2. The molecule has 4 atom stereocenters. The highest BCUT2D eigenvalue weighted by atomic mass is 16.6. The summed E-state index contributed by atoms with van der Waals surface area (Å²) in [6.07, 6.45) is 4.17. The Morgan fingerprint density at radius 1 is 0.672 bits per heavy atom. The highest BCUT2D eigenvalue weighted by Crippen LogP contribution is 2.48. The van der Waals surface area contributed by atoms with E-state index in [9.17, 15) is 14.4 Å². The van der Waals surface area contributed by atoms with Crippen LogP contribution in [-0.2, 0) is 51.2 Å². The van der Waals surface area contributed by atoms with Crippen LogP contribution in [-0.4, -0.2) is 23.6 Å². The Hall–Kier alpha value is -6.21. The molecule has 0 aliphatic carbocycles. The molecule has 0 radical (unpaired) electrons. The highest BCUT2D eigenvalue weighted by Gasteiger charge is 2.52. The van der Waals surface area contributed by atoms with Crippen LogP contribution >= 0.6 is 0 Å². The molecule has 0 saturated carbocycles. The van der Waals surface area contributed by atoms with Gasteiger partial charge in [0.25, 0.3) is 0 Å². The molecule has 4 unspecified atom stereocenters. The normalized spacial score (nSPS) is 20.6. The van der Waals surface area contributed by atoms with Crippen molar-refractivity contribution in [2.75, 3.05) is 0 Å². The van der Waals surface area contributed by atoms with E-state index in [1.165, 1.54) is 28.3 Å². The lowest BCUT2D eigenvalue weighted by Crippen LogP contribution is -2.54. The minimum absolute atomic E-state index is 0.0515. The Bertz CT molecular complexity index is 2570. The van der Waals surface area contributed by atoms with E-state index in [0.29, 0.717) is 54.4 Å². The SMILES string of the molecule is CC(C)=C1CCc2ccc(cc2)CC(CCc2cccc(Cc3ccccc3)c2)CC(=O)OC2c3c(ccc4ccc(=O)oc34)OC(C)(CCCc3ccccc3)C2OC1=O. The van der Waals surface area contributed by atoms with E-state index in [0.717, 1.165) is 42.4 Å². The van der Waals surface area contributed by atoms with Crippen LogP contribution < -0.4 is 10.4 Å². The van der Waals surface area contributed by atoms with Crippen LogP contribution in [0, 0.1) is 5.92 Å². The summed E-state index contributed by atoms with van der Waals surface area (Å²) in [7, 11) is 0. The molecule has 0 fully saturated rings. The van der Waals surface area contributed by atoms with Crippen LogP contribution in [0.15, 0.2) is 154 Å². The van der Waals surface area contributed by atoms with E-state index in [2.05, 4.69) is 84.9 Å². The summed E-state index contributed by atoms with van der Waals surface area (Å²) >= 11 is 0. The van der Waals surface area contributed by atoms with Gasteiger partial charge in [-0.25, -0.2) is 9.59 Å². The second-order valence-electron chi connectivity index (χ2n) is 17.2. The van der Waals surface area contributed by atoms with Gasteiger partial charge in [-0.05, 0) is 136 Å². The van der Waals surface area contributed by atoms with Gasteiger partial charge in [-0.3, -0.25) is 4.79 Å². The van der Waals surface area contributed by atoms with Crippen molar-refractivity contribution in [2.45, 2.75) is 103 Å². The highest BCUT2D eigenvalue weighted by molar-refractivity contribution is 5.90. The zero-order valence-corrected chi connectivity index (χ0v) is 35.4. The van der Waals surface area contributed by atoms with Gasteiger partial charge in [-0.15, -0.1) is 0 Å². The van der Waals surface area contributed by atoms with Crippen LogP contribution in [0.25, 0.3) is 11.0 Å². The second kappa shape index (κ2) is 18.6. The maximum absolute atomic E-state index is 14.6. The van der Waals surface area contributed by atoms with E-state index < -0.39 is 35.4 Å². The standard InChI is InChI=1S/C54H54O7/c1-36(2)45-28-25-38-19-21-41(22-20-38)34-43(24-23-40-16-10-17-42(33-40)32-39-14-8-5-9-15-39)35-48(56)59-51-49-46(29-26-44-27-30-47(55)58-50(44)49)61-54(3,52(51)60-53(45)57)31-11-18-37-12-6-4-7-13-37/h4-10,12-17,19-22,26-27,29-30,33,43,51-52H,11,18,23-25,28,31-32,34-35H2,1-3H3. The van der Waals surface area contributed by atoms with E-state index in [1.54, 1.807) is 6.07 Å². The molecular formula is C54H54O7. The number of aryl methyl sites for hydroxylation is 3. The molecule has 9 rings (SSSR count). The molecule has 312 valence electrons. The summed E-state index contributed by atoms with van der Waals surface area (Å²) < 4.78 is 26.0. The summed E-state index contributed by atoms with van der Waals surface area (Å²) in [6, 6.07) is 44.7. The quantitative estimate of drug-likeness (QED) is 0.0815. The van der Waals surface area contributed by atoms with E-state index in [1.807, 2.05) is 57.2 Å². The fourth-order valence-corrected chi connectivity index (χ4v) is 9.05. The van der Waals surface area contributed by atoms with Crippen molar-refractivity contribution in [3.05, 3.63) is 194 Å². The Kier molecular flexibility index (Phi) is 12.7. The molecule has 3 aliphatic heterocycles. The molecule has 5 aromatic carbocycles. The summed E-state index contributed by atoms with van der Waals surface area (Å²) in [4.78, 5) is 41.9. The molecule has 0 N–H and O–H groups in total. The monoisotopic (exact) mass is 814 g/mol. The smallest absolute Gasteiger partial charge is 0.336 e. The molecule has 7 heteroatoms. The molecule has 2 bridgehead atoms. The van der Waals surface area contributed by atoms with Gasteiger partial charge >= 0.3 is 17.6 Å². The molecule has 0 saturated heterocycles. The summed E-state index contributed by atoms with van der Waals surface area (Å²) in [5, 5.41) is 0.642. The lowest BCUT2D eigenvalue weighted by Gasteiger charge is -2.45. The third kappa shape index (κ3) is 10.1. The Balaban J connectivity index is 1.16. The number of ether oxygens (including phenoxy) is 3. The number of carbonyl (C=O) groups is 2. The van der Waals surface area contributed by atoms with Gasteiger partial charge in [-0.1, -0.05) is 115 Å². The molecule has 6 aromatic rings. The van der Waals surface area contributed by atoms with Crippen LogP contribution in [0.4, 0.5) is 0 Å². The first-order valence-electron chi connectivity index (χ1n) is 21.7. The summed E-state index contributed by atoms with van der Waals surface area (Å²) in [5.74, 6) is -0.526. The lowest BCUT2D eigenvalue weighted by atomic mass is 9.82. The van der Waals surface area contributed by atoms with Gasteiger partial charge < -0.3 is 18.6 Å². The molecular weight excluding hydrogens is 761 g/mol. The van der Waals surface area contributed by atoms with Gasteiger partial charge in [0.15, 0.2) is 12.2 Å². The van der Waals surface area contributed by atoms with Crippen molar-refractivity contribution in [2.24, 2.45) is 5.92 Å². The average molecular weight is 815 g/mol. The Morgan fingerprint density at radius 3 is 2.11 bits per heavy atom. The topological polar surface area (TPSA) is 92.0 Å². The van der Waals surface area contributed by atoms with Crippen LogP contribution in [0.2, 0.25) is 0 Å². The molecule has 7 nitrogen and oxygen atoms in total. The van der Waals surface area contributed by atoms with Gasteiger partial charge in [0.1, 0.15) is 16.9 Å². The fraction of sp³-hybridized carbons (Fsp3) is 0.315. The van der Waals surface area contributed by atoms with E-state index in [4.69, 9.17) is 18.6 Å². The largest absolute Gasteiger partial charge is 0.483 e. The molecule has 4 heterocycles. The Labute approximate surface area is 358 Å². The maximum atomic E-state index is 14.6. The van der Waals surface area contributed by atoms with Crippen LogP contribution in [0.5, 0.6) is 5.75 Å². The molecule has 0 amide bonds. The predicted molar refractivity (Wildman–Crippen MR) is 239 cm³/mol. The lowest BCUT2D eigenvalue weighted by molar-refractivity contribution is -0.192. The zero-order chi connectivity index (χ0) is 42.3. The van der Waals surface area contributed by atoms with Crippen LogP contribution in [0.1, 0.15) is 97.9 Å². The van der Waals surface area contributed by atoms with Gasteiger partial charge in [-0.2, -0.15) is 0 Å². The molecule has 3 aliphatic rings. The van der Waals surface area contributed by atoms with Crippen molar-refractivity contribution in [1.82, 2.24) is 0 Å². The van der Waals surface area contributed by atoms with E-state index in [-0.39, 0.29) is 17.9 Å². The number of hydrogen-bond donors (Lipinski definition) is 0. The van der Waals surface area contributed by atoms with Crippen molar-refractivity contribution >= 4 is 22.9 Å². The first kappa shape index (κ1) is 41.5. The number of hydrogen-bond acceptors (Lipinski definition) is 7. The van der Waals surface area contributed by atoms with Gasteiger partial charge in [0, 0.05) is 23.4 Å². The number of benzene rings is 5. The van der Waals surface area contributed by atoms with Crippen molar-refractivity contribution < 1.29 is 28.2 Å². The first-order chi connectivity index (χ1) is 29.6. The Morgan fingerprint density at radius 2 is 1.36 bits per heavy atom. The van der Waals surface area contributed by atoms with Crippen molar-refractivity contribution in [1.29, 1.82) is 0 Å². The number of fused-ring (bicyclic) bond motifs is 13. The third-order valence-electron chi connectivity index (χ3n) is 12.4. The van der Waals surface area contributed by atoms with Gasteiger partial charge in [0.2, 0.25) is 0 Å². The third-order valence-corrected chi connectivity index (χ3v) is 12.4. The summed E-state index contributed by atoms with van der Waals surface area (Å²) in [5.41, 5.74) is 7.57. The number of carbonyl (C=O) groups excluding carboxylic acids is 2. The van der Waals surface area contributed by atoms with Gasteiger partial charge in [0.05, 0.1) is 5.56 Å². The van der Waals surface area contributed by atoms with Crippen LogP contribution in [0.3, 0.4) is 0 Å². The van der Waals surface area contributed by atoms with Crippen molar-refractivity contribution in [3.63, 3.8) is 0 Å². The minimum atomic E-state index is -1.11. The average Bonchev–Trinajstić information content (AvgIpc) is 3.25. The second-order valence-corrected chi connectivity index (χ2v) is 17.2. The first-order valence-corrected chi connectivity index (χ1v) is 21.7. The molecule has 1 aromatic heterocycles. The summed E-state index contributed by atoms with van der Waals surface area (Å²) in [6.45, 7) is 5.77. The number of allylic oxidation sites excluding steroid dienone is 1. The minimum Gasteiger partial charge on any atom is -0.483 e.